The van der Waals surface area contributed by atoms with E-state index in [1.165, 1.54) is 0 Å². The maximum Gasteiger partial charge on any atom is 0.108 e. The van der Waals surface area contributed by atoms with Crippen LogP contribution in [0.3, 0.4) is 0 Å². The zero-order chi connectivity index (χ0) is 12.6. The highest BCUT2D eigenvalue weighted by Gasteiger charge is 2.29. The van der Waals surface area contributed by atoms with Crippen molar-refractivity contribution in [2.45, 2.75) is 63.4 Å². The van der Waals surface area contributed by atoms with Crippen molar-refractivity contribution < 1.29 is 25.5 Å². The average molecular weight is 236 g/mol. The van der Waals surface area contributed by atoms with Crippen LogP contribution in [0.5, 0.6) is 0 Å². The van der Waals surface area contributed by atoms with E-state index in [0.717, 1.165) is 0 Å². The molecule has 16 heavy (non-hydrogen) atoms. The van der Waals surface area contributed by atoms with Gasteiger partial charge < -0.3 is 25.5 Å². The number of aliphatic hydroxyl groups excluding tert-OH is 5. The van der Waals surface area contributed by atoms with Gasteiger partial charge in [-0.1, -0.05) is 13.3 Å². The Labute approximate surface area is 96.4 Å². The fraction of sp³-hybridized carbons (Fsp3) is 1.00. The summed E-state index contributed by atoms with van der Waals surface area (Å²) in [4.78, 5) is 0. The van der Waals surface area contributed by atoms with Crippen molar-refractivity contribution in [2.24, 2.45) is 0 Å². The Morgan fingerprint density at radius 2 is 1.31 bits per heavy atom. The lowest BCUT2D eigenvalue weighted by atomic mass is 9.97. The Morgan fingerprint density at radius 3 is 1.75 bits per heavy atom. The average Bonchev–Trinajstić information content (AvgIpc) is 2.27. The standard InChI is InChI=1S/C11H24O5/c1-2-5-8(13)10(15)11(16)9(14)6-3-4-7-12/h8-16H,2-7H2,1H3/t8-,9+,10-,11+/m0/s1. The van der Waals surface area contributed by atoms with Gasteiger partial charge in [0.15, 0.2) is 0 Å². The van der Waals surface area contributed by atoms with Crippen molar-refractivity contribution >= 4 is 0 Å². The van der Waals surface area contributed by atoms with Crippen LogP contribution in [-0.4, -0.2) is 56.6 Å². The molecule has 0 aromatic heterocycles. The molecular formula is C11H24O5. The number of unbranched alkanes of at least 4 members (excludes halogenated alkanes) is 1. The summed E-state index contributed by atoms with van der Waals surface area (Å²) in [6.07, 6.45) is -2.20. The van der Waals surface area contributed by atoms with Crippen LogP contribution in [0, 0.1) is 0 Å². The predicted octanol–water partition coefficient (Wildman–Crippen LogP) is -0.607. The Balaban J connectivity index is 3.94. The van der Waals surface area contributed by atoms with E-state index < -0.39 is 24.4 Å². The molecule has 5 N–H and O–H groups in total. The summed E-state index contributed by atoms with van der Waals surface area (Å²) in [6, 6.07) is 0. The van der Waals surface area contributed by atoms with Crippen molar-refractivity contribution in [3.8, 4) is 0 Å². The van der Waals surface area contributed by atoms with Crippen LogP contribution in [0.2, 0.25) is 0 Å². The summed E-state index contributed by atoms with van der Waals surface area (Å²) in [7, 11) is 0. The van der Waals surface area contributed by atoms with Crippen molar-refractivity contribution in [1.82, 2.24) is 0 Å². The van der Waals surface area contributed by atoms with E-state index in [-0.39, 0.29) is 6.61 Å². The summed E-state index contributed by atoms with van der Waals surface area (Å²) >= 11 is 0. The zero-order valence-electron chi connectivity index (χ0n) is 9.79. The van der Waals surface area contributed by atoms with Crippen LogP contribution in [0.1, 0.15) is 39.0 Å². The molecular weight excluding hydrogens is 212 g/mol. The molecule has 0 bridgehead atoms. The Bertz CT molecular complexity index is 164. The van der Waals surface area contributed by atoms with Gasteiger partial charge in [-0.15, -0.1) is 0 Å². The first-order valence-corrected chi connectivity index (χ1v) is 5.87. The fourth-order valence-electron chi connectivity index (χ4n) is 1.56. The summed E-state index contributed by atoms with van der Waals surface area (Å²) in [5, 5.41) is 46.6. The van der Waals surface area contributed by atoms with Gasteiger partial charge in [0, 0.05) is 6.61 Å². The molecule has 0 fully saturated rings. The molecule has 0 aliphatic rings. The van der Waals surface area contributed by atoms with Gasteiger partial charge in [-0.3, -0.25) is 0 Å². The van der Waals surface area contributed by atoms with Gasteiger partial charge in [0.1, 0.15) is 12.2 Å². The fourth-order valence-corrected chi connectivity index (χ4v) is 1.56. The molecule has 0 amide bonds. The molecule has 5 nitrogen and oxygen atoms in total. The highest BCUT2D eigenvalue weighted by atomic mass is 16.4. The van der Waals surface area contributed by atoms with Crippen molar-refractivity contribution in [2.75, 3.05) is 6.61 Å². The third-order valence-corrected chi connectivity index (χ3v) is 2.63. The van der Waals surface area contributed by atoms with Gasteiger partial charge in [-0.05, 0) is 25.7 Å². The van der Waals surface area contributed by atoms with Crippen molar-refractivity contribution in [3.05, 3.63) is 0 Å². The second-order valence-corrected chi connectivity index (χ2v) is 4.12. The van der Waals surface area contributed by atoms with Gasteiger partial charge in [0.05, 0.1) is 12.2 Å². The van der Waals surface area contributed by atoms with Crippen LogP contribution in [0.15, 0.2) is 0 Å². The van der Waals surface area contributed by atoms with Crippen LogP contribution in [-0.2, 0) is 0 Å². The van der Waals surface area contributed by atoms with Gasteiger partial charge in [-0.25, -0.2) is 0 Å². The van der Waals surface area contributed by atoms with E-state index in [2.05, 4.69) is 0 Å². The maximum atomic E-state index is 9.56. The SMILES string of the molecule is CCC[C@H](O)[C@H](O)[C@H](O)[C@H](O)CCCCO. The third-order valence-electron chi connectivity index (χ3n) is 2.63. The molecule has 0 spiro atoms. The van der Waals surface area contributed by atoms with Crippen LogP contribution < -0.4 is 0 Å². The minimum Gasteiger partial charge on any atom is -0.396 e. The van der Waals surface area contributed by atoms with E-state index in [4.69, 9.17) is 5.11 Å². The van der Waals surface area contributed by atoms with Gasteiger partial charge in [0.2, 0.25) is 0 Å². The second-order valence-electron chi connectivity index (χ2n) is 4.12. The van der Waals surface area contributed by atoms with E-state index in [1.807, 2.05) is 6.92 Å². The lowest BCUT2D eigenvalue weighted by molar-refractivity contribution is -0.108. The van der Waals surface area contributed by atoms with Crippen molar-refractivity contribution in [3.63, 3.8) is 0 Å². The highest BCUT2D eigenvalue weighted by Crippen LogP contribution is 2.13. The Hall–Kier alpha value is -0.200. The highest BCUT2D eigenvalue weighted by molar-refractivity contribution is 4.80. The first-order chi connectivity index (χ1) is 7.54. The predicted molar refractivity (Wildman–Crippen MR) is 59.9 cm³/mol. The molecule has 0 heterocycles. The largest absolute Gasteiger partial charge is 0.396 e. The van der Waals surface area contributed by atoms with Gasteiger partial charge in [0.25, 0.3) is 0 Å². The first-order valence-electron chi connectivity index (χ1n) is 5.87. The monoisotopic (exact) mass is 236 g/mol. The quantitative estimate of drug-likeness (QED) is 0.344. The van der Waals surface area contributed by atoms with Crippen molar-refractivity contribution in [1.29, 1.82) is 0 Å². The normalized spacial score (nSPS) is 19.1. The smallest absolute Gasteiger partial charge is 0.108 e. The summed E-state index contributed by atoms with van der Waals surface area (Å²) in [5.74, 6) is 0. The number of hydrogen-bond donors (Lipinski definition) is 5. The van der Waals surface area contributed by atoms with Gasteiger partial charge in [-0.2, -0.15) is 0 Å². The molecule has 0 aromatic rings. The Morgan fingerprint density at radius 1 is 0.812 bits per heavy atom. The molecule has 0 aliphatic heterocycles. The molecule has 0 unspecified atom stereocenters. The van der Waals surface area contributed by atoms with Gasteiger partial charge >= 0.3 is 0 Å². The van der Waals surface area contributed by atoms with E-state index >= 15 is 0 Å². The molecule has 0 rings (SSSR count). The third kappa shape index (κ3) is 5.77. The van der Waals surface area contributed by atoms with Crippen LogP contribution >= 0.6 is 0 Å². The number of rotatable bonds is 9. The van der Waals surface area contributed by atoms with E-state index in [0.29, 0.717) is 32.1 Å². The summed E-state index contributed by atoms with van der Waals surface area (Å²) in [6.45, 7) is 1.91. The minimum absolute atomic E-state index is 0.0455. The minimum atomic E-state index is -1.33. The lowest BCUT2D eigenvalue weighted by Crippen LogP contribution is -2.44. The van der Waals surface area contributed by atoms with Crippen LogP contribution in [0.4, 0.5) is 0 Å². The summed E-state index contributed by atoms with van der Waals surface area (Å²) < 4.78 is 0. The topological polar surface area (TPSA) is 101 Å². The molecule has 0 saturated carbocycles. The number of aliphatic hydroxyl groups is 5. The van der Waals surface area contributed by atoms with E-state index in [9.17, 15) is 20.4 Å². The maximum absolute atomic E-state index is 9.56. The second kappa shape index (κ2) is 8.90. The molecule has 0 aromatic carbocycles. The molecule has 4 atom stereocenters. The molecule has 0 saturated heterocycles. The Kier molecular flexibility index (Phi) is 8.78. The molecule has 0 radical (unpaired) electrons. The lowest BCUT2D eigenvalue weighted by Gasteiger charge is -2.26. The zero-order valence-corrected chi connectivity index (χ0v) is 9.79. The number of hydrogen-bond acceptors (Lipinski definition) is 5. The van der Waals surface area contributed by atoms with E-state index in [1.54, 1.807) is 0 Å². The summed E-state index contributed by atoms with van der Waals surface area (Å²) in [5.41, 5.74) is 0. The molecule has 0 aliphatic carbocycles. The molecule has 98 valence electrons. The first kappa shape index (κ1) is 15.8. The molecule has 5 heteroatoms. The van der Waals surface area contributed by atoms with Crippen LogP contribution in [0.25, 0.3) is 0 Å².